The predicted octanol–water partition coefficient (Wildman–Crippen LogP) is 0.527. The minimum Gasteiger partial charge on any atom is -0.480 e. The van der Waals surface area contributed by atoms with Gasteiger partial charge in [0.25, 0.3) is 0 Å². The number of aliphatic carboxylic acids is 1. The van der Waals surface area contributed by atoms with Gasteiger partial charge >= 0.3 is 12.0 Å². The van der Waals surface area contributed by atoms with Crippen LogP contribution in [-0.2, 0) is 9.53 Å². The molecule has 0 spiro atoms. The van der Waals surface area contributed by atoms with Crippen LogP contribution in [0.5, 0.6) is 0 Å². The van der Waals surface area contributed by atoms with Gasteiger partial charge < -0.3 is 20.1 Å². The summed E-state index contributed by atoms with van der Waals surface area (Å²) in [5.41, 5.74) is 0. The molecule has 1 fully saturated rings. The smallest absolute Gasteiger partial charge is 0.323 e. The number of carboxylic acid groups (broad SMARTS) is 1. The zero-order valence-corrected chi connectivity index (χ0v) is 10.3. The Morgan fingerprint density at radius 3 is 2.65 bits per heavy atom. The largest absolute Gasteiger partial charge is 0.480 e. The second-order valence-corrected chi connectivity index (χ2v) is 4.38. The number of nitrogens with one attached hydrogen (secondary N) is 1. The predicted molar refractivity (Wildman–Crippen MR) is 61.8 cm³/mol. The molecule has 0 bridgehead atoms. The Bertz CT molecular complexity index is 279. The van der Waals surface area contributed by atoms with Gasteiger partial charge in [-0.05, 0) is 25.7 Å². The molecule has 1 rings (SSSR count). The van der Waals surface area contributed by atoms with Crippen molar-refractivity contribution in [3.63, 3.8) is 0 Å². The molecular formula is C11H20N2O4. The second kappa shape index (κ2) is 6.44. The van der Waals surface area contributed by atoms with Crippen LogP contribution in [0.3, 0.4) is 0 Å². The fourth-order valence-corrected chi connectivity index (χ4v) is 1.62. The molecule has 0 aliphatic heterocycles. The zero-order valence-electron chi connectivity index (χ0n) is 10.3. The van der Waals surface area contributed by atoms with Gasteiger partial charge in [0, 0.05) is 19.7 Å². The van der Waals surface area contributed by atoms with E-state index < -0.39 is 5.97 Å². The van der Waals surface area contributed by atoms with Crippen LogP contribution in [0, 0.1) is 5.92 Å². The van der Waals surface area contributed by atoms with Crippen molar-refractivity contribution >= 4 is 12.0 Å². The van der Waals surface area contributed by atoms with Gasteiger partial charge in [-0.2, -0.15) is 0 Å². The van der Waals surface area contributed by atoms with E-state index in [0.717, 1.165) is 12.8 Å². The van der Waals surface area contributed by atoms with Crippen LogP contribution in [-0.4, -0.2) is 54.9 Å². The number of hydrogen-bond donors (Lipinski definition) is 2. The number of carboxylic acids is 1. The number of urea groups is 1. The van der Waals surface area contributed by atoms with Gasteiger partial charge in [0.1, 0.15) is 6.54 Å². The van der Waals surface area contributed by atoms with Crippen molar-refractivity contribution in [1.82, 2.24) is 10.2 Å². The monoisotopic (exact) mass is 244 g/mol. The first-order chi connectivity index (χ1) is 8.04. The first-order valence-electron chi connectivity index (χ1n) is 5.80. The highest BCUT2D eigenvalue weighted by Gasteiger charge is 2.30. The number of amides is 2. The summed E-state index contributed by atoms with van der Waals surface area (Å²) in [5, 5.41) is 11.5. The van der Waals surface area contributed by atoms with Crippen LogP contribution in [0.1, 0.15) is 19.8 Å². The molecule has 0 aromatic rings. The van der Waals surface area contributed by atoms with E-state index >= 15 is 0 Å². The van der Waals surface area contributed by atoms with Crippen molar-refractivity contribution < 1.29 is 19.4 Å². The summed E-state index contributed by atoms with van der Waals surface area (Å²) in [4.78, 5) is 23.7. The molecule has 1 atom stereocenters. The number of hydrogen-bond acceptors (Lipinski definition) is 3. The van der Waals surface area contributed by atoms with E-state index in [1.807, 2.05) is 6.92 Å². The lowest BCUT2D eigenvalue weighted by molar-refractivity contribution is -0.137. The third-order valence-electron chi connectivity index (χ3n) is 2.86. The average Bonchev–Trinajstić information content (AvgIpc) is 3.06. The maximum absolute atomic E-state index is 11.8. The third-order valence-corrected chi connectivity index (χ3v) is 2.86. The molecule has 0 saturated heterocycles. The molecule has 6 heteroatoms. The highest BCUT2D eigenvalue weighted by Crippen LogP contribution is 2.32. The van der Waals surface area contributed by atoms with Gasteiger partial charge in [-0.3, -0.25) is 4.79 Å². The summed E-state index contributed by atoms with van der Waals surface area (Å²) in [5.74, 6) is -0.469. The van der Waals surface area contributed by atoms with E-state index in [1.165, 1.54) is 12.0 Å². The Morgan fingerprint density at radius 2 is 2.18 bits per heavy atom. The van der Waals surface area contributed by atoms with Crippen molar-refractivity contribution in [2.45, 2.75) is 25.8 Å². The lowest BCUT2D eigenvalue weighted by Gasteiger charge is -2.23. The highest BCUT2D eigenvalue weighted by atomic mass is 16.5. The Morgan fingerprint density at radius 1 is 1.53 bits per heavy atom. The maximum Gasteiger partial charge on any atom is 0.323 e. The molecule has 98 valence electrons. The molecule has 1 aliphatic rings. The SMILES string of the molecule is COCCN(CC(=O)O)C(=O)NC(C)C1CC1. The Balaban J connectivity index is 2.42. The lowest BCUT2D eigenvalue weighted by atomic mass is 10.2. The van der Waals surface area contributed by atoms with E-state index in [1.54, 1.807) is 0 Å². The van der Waals surface area contributed by atoms with Crippen LogP contribution >= 0.6 is 0 Å². The van der Waals surface area contributed by atoms with Gasteiger partial charge in [0.15, 0.2) is 0 Å². The minimum absolute atomic E-state index is 0.112. The molecule has 1 unspecified atom stereocenters. The molecule has 0 radical (unpaired) electrons. The molecule has 0 aromatic carbocycles. The standard InChI is InChI=1S/C11H20N2O4/c1-8(9-3-4-9)12-11(16)13(5-6-17-2)7-10(14)15/h8-9H,3-7H2,1-2H3,(H,12,16)(H,14,15). The lowest BCUT2D eigenvalue weighted by Crippen LogP contribution is -2.47. The molecule has 2 N–H and O–H groups in total. The topological polar surface area (TPSA) is 78.9 Å². The fraction of sp³-hybridized carbons (Fsp3) is 0.818. The second-order valence-electron chi connectivity index (χ2n) is 4.38. The van der Waals surface area contributed by atoms with Gasteiger partial charge in [0.2, 0.25) is 0 Å². The van der Waals surface area contributed by atoms with Crippen LogP contribution in [0.15, 0.2) is 0 Å². The normalized spacial score (nSPS) is 16.4. The molecular weight excluding hydrogens is 224 g/mol. The zero-order chi connectivity index (χ0) is 12.8. The van der Waals surface area contributed by atoms with Crippen LogP contribution in [0.25, 0.3) is 0 Å². The van der Waals surface area contributed by atoms with Crippen molar-refractivity contribution in [2.24, 2.45) is 5.92 Å². The molecule has 2 amide bonds. The number of carbonyl (C=O) groups is 2. The molecule has 6 nitrogen and oxygen atoms in total. The van der Waals surface area contributed by atoms with E-state index in [9.17, 15) is 9.59 Å². The summed E-state index contributed by atoms with van der Waals surface area (Å²) in [6.45, 7) is 2.27. The van der Waals surface area contributed by atoms with Crippen molar-refractivity contribution in [3.05, 3.63) is 0 Å². The Hall–Kier alpha value is -1.30. The van der Waals surface area contributed by atoms with E-state index in [4.69, 9.17) is 9.84 Å². The van der Waals surface area contributed by atoms with E-state index in [0.29, 0.717) is 12.5 Å². The van der Waals surface area contributed by atoms with Crippen LogP contribution in [0.2, 0.25) is 0 Å². The van der Waals surface area contributed by atoms with Crippen molar-refractivity contribution in [3.8, 4) is 0 Å². The Kier molecular flexibility index (Phi) is 5.21. The van der Waals surface area contributed by atoms with Gasteiger partial charge in [-0.25, -0.2) is 4.79 Å². The fourth-order valence-electron chi connectivity index (χ4n) is 1.62. The number of carbonyl (C=O) groups excluding carboxylic acids is 1. The van der Waals surface area contributed by atoms with Gasteiger partial charge in [-0.1, -0.05) is 0 Å². The average molecular weight is 244 g/mol. The van der Waals surface area contributed by atoms with Gasteiger partial charge in [0.05, 0.1) is 6.61 Å². The number of rotatable bonds is 7. The quantitative estimate of drug-likeness (QED) is 0.684. The number of ether oxygens (including phenoxy) is 1. The van der Waals surface area contributed by atoms with E-state index in [-0.39, 0.29) is 25.2 Å². The van der Waals surface area contributed by atoms with Crippen molar-refractivity contribution in [2.75, 3.05) is 26.8 Å². The number of methoxy groups -OCH3 is 1. The minimum atomic E-state index is -1.02. The summed E-state index contributed by atoms with van der Waals surface area (Å²) >= 11 is 0. The molecule has 0 heterocycles. The first-order valence-corrected chi connectivity index (χ1v) is 5.80. The maximum atomic E-state index is 11.8. The molecule has 17 heavy (non-hydrogen) atoms. The third kappa shape index (κ3) is 5.04. The summed E-state index contributed by atoms with van der Waals surface area (Å²) in [6.07, 6.45) is 2.27. The summed E-state index contributed by atoms with van der Waals surface area (Å²) in [7, 11) is 1.52. The summed E-state index contributed by atoms with van der Waals surface area (Å²) in [6, 6.07) is -0.217. The Labute approximate surface area is 101 Å². The van der Waals surface area contributed by atoms with Crippen LogP contribution in [0.4, 0.5) is 4.79 Å². The first kappa shape index (κ1) is 13.8. The van der Waals surface area contributed by atoms with Crippen LogP contribution < -0.4 is 5.32 Å². The highest BCUT2D eigenvalue weighted by molar-refractivity contribution is 5.80. The van der Waals surface area contributed by atoms with Gasteiger partial charge in [-0.15, -0.1) is 0 Å². The molecule has 1 saturated carbocycles. The van der Waals surface area contributed by atoms with Crippen molar-refractivity contribution in [1.29, 1.82) is 0 Å². The number of nitrogens with zero attached hydrogens (tertiary/aromatic N) is 1. The molecule has 0 aromatic heterocycles. The summed E-state index contributed by atoms with van der Waals surface area (Å²) < 4.78 is 4.85. The molecule has 1 aliphatic carbocycles. The van der Waals surface area contributed by atoms with E-state index in [2.05, 4.69) is 5.32 Å².